The van der Waals surface area contributed by atoms with Gasteiger partial charge < -0.3 is 25.1 Å². The number of aryl methyl sites for hydroxylation is 1. The standard InChI is InChI=1S/C28H29ClFN3O4/c1-18-4-5-20(11-26(18)33-14-28(37,15-33)16-34)23-13-21(30)12-22(27(23)36)19-6-7-25(24(29)10-19)32(17-35)9-8-31(2)3/h4-13,17,34,36-37H,14-16H2,1-3H3/b9-8-. The topological polar surface area (TPSA) is 87.5 Å². The minimum Gasteiger partial charge on any atom is -0.507 e. The Kier molecular flexibility index (Phi) is 7.45. The number of benzene rings is 3. The number of amides is 1. The molecule has 0 spiro atoms. The molecule has 3 aromatic carbocycles. The highest BCUT2D eigenvalue weighted by molar-refractivity contribution is 6.34. The van der Waals surface area contributed by atoms with Gasteiger partial charge in [-0.25, -0.2) is 4.39 Å². The normalized spacial score (nSPS) is 14.5. The van der Waals surface area contributed by atoms with E-state index >= 15 is 0 Å². The first-order valence-electron chi connectivity index (χ1n) is 11.7. The van der Waals surface area contributed by atoms with Crippen molar-refractivity contribution in [3.63, 3.8) is 0 Å². The summed E-state index contributed by atoms with van der Waals surface area (Å²) < 4.78 is 14.8. The summed E-state index contributed by atoms with van der Waals surface area (Å²) >= 11 is 6.48. The molecule has 9 heteroatoms. The van der Waals surface area contributed by atoms with Crippen molar-refractivity contribution in [3.05, 3.63) is 77.3 Å². The number of rotatable bonds is 8. The average molecular weight is 526 g/mol. The van der Waals surface area contributed by atoms with Crippen molar-refractivity contribution < 1.29 is 24.5 Å². The minimum atomic E-state index is -1.14. The van der Waals surface area contributed by atoms with E-state index in [2.05, 4.69) is 0 Å². The SMILES string of the molecule is Cc1ccc(-c2cc(F)cc(-c3ccc(N(C=O)/C=C\N(C)C)c(Cl)c3)c2O)cc1N1CC(O)(CO)C1. The fourth-order valence-electron chi connectivity index (χ4n) is 4.35. The zero-order valence-electron chi connectivity index (χ0n) is 20.8. The first-order chi connectivity index (χ1) is 17.5. The van der Waals surface area contributed by atoms with Crippen molar-refractivity contribution in [1.29, 1.82) is 0 Å². The molecule has 1 aliphatic rings. The van der Waals surface area contributed by atoms with Gasteiger partial charge in [-0.1, -0.05) is 29.8 Å². The molecule has 0 saturated carbocycles. The Balaban J connectivity index is 1.71. The van der Waals surface area contributed by atoms with E-state index in [1.165, 1.54) is 17.0 Å². The number of halogens is 2. The third-order valence-electron chi connectivity index (χ3n) is 6.38. The molecule has 1 fully saturated rings. The number of carbonyl (C=O) groups is 1. The van der Waals surface area contributed by atoms with E-state index < -0.39 is 11.4 Å². The quantitative estimate of drug-likeness (QED) is 0.379. The van der Waals surface area contributed by atoms with Gasteiger partial charge in [0.05, 0.1) is 30.4 Å². The maximum absolute atomic E-state index is 14.8. The predicted octanol–water partition coefficient (Wildman–Crippen LogP) is 4.37. The summed E-state index contributed by atoms with van der Waals surface area (Å²) in [7, 11) is 3.65. The Morgan fingerprint density at radius 1 is 1.05 bits per heavy atom. The molecule has 1 aliphatic heterocycles. The zero-order chi connectivity index (χ0) is 26.9. The van der Waals surface area contributed by atoms with Crippen LogP contribution in [0.1, 0.15) is 5.56 Å². The number of β-amino-alcohol motifs (C(OH)–C–C–N with tert-alkyl or cyclic N) is 1. The summed E-state index contributed by atoms with van der Waals surface area (Å²) in [5.74, 6) is -0.651. The summed E-state index contributed by atoms with van der Waals surface area (Å²) in [6.45, 7) is 2.15. The summed E-state index contributed by atoms with van der Waals surface area (Å²) in [5.41, 5.74) is 2.72. The fourth-order valence-corrected chi connectivity index (χ4v) is 4.63. The first kappa shape index (κ1) is 26.5. The lowest BCUT2D eigenvalue weighted by molar-refractivity contribution is -0.107. The van der Waals surface area contributed by atoms with E-state index in [0.717, 1.165) is 11.3 Å². The van der Waals surface area contributed by atoms with Crippen molar-refractivity contribution in [2.24, 2.45) is 0 Å². The van der Waals surface area contributed by atoms with Crippen LogP contribution in [0.4, 0.5) is 15.8 Å². The number of aliphatic hydroxyl groups is 2. The number of hydrogen-bond acceptors (Lipinski definition) is 6. The second-order valence-electron chi connectivity index (χ2n) is 9.53. The van der Waals surface area contributed by atoms with Crippen LogP contribution >= 0.6 is 11.6 Å². The van der Waals surface area contributed by atoms with Crippen LogP contribution in [-0.4, -0.2) is 66.0 Å². The number of aliphatic hydroxyl groups excluding tert-OH is 1. The lowest BCUT2D eigenvalue weighted by Gasteiger charge is -2.47. The first-order valence-corrected chi connectivity index (χ1v) is 12.0. The summed E-state index contributed by atoms with van der Waals surface area (Å²) in [6, 6.07) is 12.9. The van der Waals surface area contributed by atoms with E-state index in [1.54, 1.807) is 41.6 Å². The Labute approximate surface area is 220 Å². The molecule has 3 aromatic rings. The van der Waals surface area contributed by atoms with Crippen LogP contribution in [0.5, 0.6) is 5.75 Å². The van der Waals surface area contributed by atoms with Gasteiger partial charge in [0.1, 0.15) is 17.2 Å². The Bertz CT molecular complexity index is 1360. The molecule has 1 saturated heterocycles. The molecule has 0 bridgehead atoms. The Hall–Kier alpha value is -3.59. The third kappa shape index (κ3) is 5.41. The molecular weight excluding hydrogens is 497 g/mol. The fraction of sp³-hybridized carbons (Fsp3) is 0.250. The highest BCUT2D eigenvalue weighted by Crippen LogP contribution is 2.42. The number of hydrogen-bond donors (Lipinski definition) is 3. The summed E-state index contributed by atoms with van der Waals surface area (Å²) in [6.07, 6.45) is 3.90. The van der Waals surface area contributed by atoms with E-state index in [-0.39, 0.29) is 36.0 Å². The van der Waals surface area contributed by atoms with Gasteiger partial charge in [-0.05, 0) is 53.9 Å². The maximum Gasteiger partial charge on any atom is 0.218 e. The van der Waals surface area contributed by atoms with Gasteiger partial charge in [0.2, 0.25) is 6.41 Å². The largest absolute Gasteiger partial charge is 0.507 e. The van der Waals surface area contributed by atoms with Gasteiger partial charge in [-0.3, -0.25) is 9.69 Å². The molecule has 1 amide bonds. The number of nitrogens with zero attached hydrogens (tertiary/aromatic N) is 3. The van der Waals surface area contributed by atoms with E-state index in [4.69, 9.17) is 11.6 Å². The van der Waals surface area contributed by atoms with E-state index in [0.29, 0.717) is 28.8 Å². The number of aromatic hydroxyl groups is 1. The molecule has 0 aliphatic carbocycles. The van der Waals surface area contributed by atoms with Crippen LogP contribution in [0.15, 0.2) is 60.9 Å². The van der Waals surface area contributed by atoms with Gasteiger partial charge in [-0.15, -0.1) is 0 Å². The van der Waals surface area contributed by atoms with Crippen molar-refractivity contribution in [3.8, 4) is 28.0 Å². The zero-order valence-corrected chi connectivity index (χ0v) is 21.6. The molecule has 0 aromatic heterocycles. The smallest absolute Gasteiger partial charge is 0.218 e. The van der Waals surface area contributed by atoms with Gasteiger partial charge in [-0.2, -0.15) is 0 Å². The number of carbonyl (C=O) groups excluding carboxylic acids is 1. The molecule has 3 N–H and O–H groups in total. The monoisotopic (exact) mass is 525 g/mol. The minimum absolute atomic E-state index is 0.116. The highest BCUT2D eigenvalue weighted by Gasteiger charge is 2.41. The Morgan fingerprint density at radius 3 is 2.24 bits per heavy atom. The van der Waals surface area contributed by atoms with Crippen molar-refractivity contribution in [2.75, 3.05) is 43.6 Å². The van der Waals surface area contributed by atoms with Gasteiger partial charge in [0.15, 0.2) is 0 Å². The Morgan fingerprint density at radius 2 is 1.68 bits per heavy atom. The van der Waals surface area contributed by atoms with Crippen molar-refractivity contribution in [1.82, 2.24) is 4.90 Å². The van der Waals surface area contributed by atoms with Gasteiger partial charge in [0.25, 0.3) is 0 Å². The number of phenolic OH excluding ortho intramolecular Hbond substituents is 1. The lowest BCUT2D eigenvalue weighted by atomic mass is 9.92. The maximum atomic E-state index is 14.8. The average Bonchev–Trinajstić information content (AvgIpc) is 2.84. The highest BCUT2D eigenvalue weighted by atomic mass is 35.5. The molecule has 0 unspecified atom stereocenters. The van der Waals surface area contributed by atoms with Crippen LogP contribution in [0.2, 0.25) is 5.02 Å². The van der Waals surface area contributed by atoms with E-state index in [1.807, 2.05) is 38.1 Å². The summed E-state index contributed by atoms with van der Waals surface area (Å²) in [5, 5.41) is 31.0. The van der Waals surface area contributed by atoms with Crippen molar-refractivity contribution >= 4 is 29.4 Å². The molecule has 37 heavy (non-hydrogen) atoms. The summed E-state index contributed by atoms with van der Waals surface area (Å²) in [4.78, 5) is 16.6. The van der Waals surface area contributed by atoms with Crippen LogP contribution in [0, 0.1) is 12.7 Å². The molecule has 7 nitrogen and oxygen atoms in total. The molecule has 1 heterocycles. The van der Waals surface area contributed by atoms with Crippen LogP contribution < -0.4 is 9.80 Å². The van der Waals surface area contributed by atoms with Crippen LogP contribution in [0.25, 0.3) is 22.3 Å². The predicted molar refractivity (Wildman–Crippen MR) is 144 cm³/mol. The molecule has 4 rings (SSSR count). The van der Waals surface area contributed by atoms with Crippen molar-refractivity contribution in [2.45, 2.75) is 12.5 Å². The lowest BCUT2D eigenvalue weighted by Crippen LogP contribution is -2.64. The third-order valence-corrected chi connectivity index (χ3v) is 6.68. The van der Waals surface area contributed by atoms with Gasteiger partial charge >= 0.3 is 0 Å². The second-order valence-corrected chi connectivity index (χ2v) is 9.94. The molecular formula is C28H29ClFN3O4. The van der Waals surface area contributed by atoms with E-state index in [9.17, 15) is 24.5 Å². The van der Waals surface area contributed by atoms with Gasteiger partial charge in [0, 0.05) is 43.3 Å². The van der Waals surface area contributed by atoms with Crippen LogP contribution in [0.3, 0.4) is 0 Å². The second kappa shape index (κ2) is 10.4. The molecule has 194 valence electrons. The number of anilines is 2. The molecule has 0 atom stereocenters. The number of phenols is 1. The molecule has 0 radical (unpaired) electrons. The van der Waals surface area contributed by atoms with Crippen LogP contribution in [-0.2, 0) is 4.79 Å².